The van der Waals surface area contributed by atoms with Crippen LogP contribution in [0.4, 0.5) is 11.6 Å². The molecule has 0 aliphatic carbocycles. The van der Waals surface area contributed by atoms with Gasteiger partial charge in [0.05, 0.1) is 29.7 Å². The normalized spacial score (nSPS) is 14.9. The summed E-state index contributed by atoms with van der Waals surface area (Å²) in [7, 11) is 1.90. The zero-order valence-corrected chi connectivity index (χ0v) is 15.7. The minimum absolute atomic E-state index is 0.846. The highest BCUT2D eigenvalue weighted by molar-refractivity contribution is 7.16. The summed E-state index contributed by atoms with van der Waals surface area (Å²) in [6.07, 6.45) is 9.03. The van der Waals surface area contributed by atoms with Crippen LogP contribution >= 0.6 is 11.3 Å². The van der Waals surface area contributed by atoms with Gasteiger partial charge in [0.1, 0.15) is 22.8 Å². The van der Waals surface area contributed by atoms with Crippen LogP contribution in [0.25, 0.3) is 21.5 Å². The smallest absolute Gasteiger partial charge is 0.147 e. The molecule has 0 spiro atoms. The quantitative estimate of drug-likeness (QED) is 0.541. The summed E-state index contributed by atoms with van der Waals surface area (Å²) in [5, 5.41) is 7.42. The first-order valence-corrected chi connectivity index (χ1v) is 9.65. The van der Waals surface area contributed by atoms with E-state index < -0.39 is 0 Å². The van der Waals surface area contributed by atoms with E-state index in [2.05, 4.69) is 41.3 Å². The summed E-state index contributed by atoms with van der Waals surface area (Å²) >= 11 is 1.65. The van der Waals surface area contributed by atoms with Crippen molar-refractivity contribution < 1.29 is 0 Å². The van der Waals surface area contributed by atoms with Gasteiger partial charge in [0.2, 0.25) is 0 Å². The maximum Gasteiger partial charge on any atom is 0.147 e. The van der Waals surface area contributed by atoms with E-state index in [4.69, 9.17) is 4.98 Å². The van der Waals surface area contributed by atoms with Gasteiger partial charge < -0.3 is 9.80 Å². The molecule has 0 bridgehead atoms. The summed E-state index contributed by atoms with van der Waals surface area (Å²) in [6.45, 7) is 3.53. The number of thiophene rings is 1. The van der Waals surface area contributed by atoms with E-state index in [0.717, 1.165) is 59.3 Å². The van der Waals surface area contributed by atoms with E-state index in [0.29, 0.717) is 0 Å². The van der Waals surface area contributed by atoms with Crippen LogP contribution in [0.5, 0.6) is 0 Å². The Labute approximate surface area is 160 Å². The van der Waals surface area contributed by atoms with Crippen molar-refractivity contribution in [2.75, 3.05) is 36.0 Å². The highest BCUT2D eigenvalue weighted by Gasteiger charge is 2.21. The molecule has 136 valence electrons. The van der Waals surface area contributed by atoms with E-state index in [9.17, 15) is 0 Å². The lowest BCUT2D eigenvalue weighted by Gasteiger charge is -2.36. The summed E-state index contributed by atoms with van der Waals surface area (Å²) in [4.78, 5) is 23.7. The molecule has 8 nitrogen and oxygen atoms in total. The fourth-order valence-corrected chi connectivity index (χ4v) is 4.10. The predicted octanol–water partition coefficient (Wildman–Crippen LogP) is 2.21. The number of fused-ring (bicyclic) bond motifs is 1. The lowest BCUT2D eigenvalue weighted by Crippen LogP contribution is -2.47. The molecule has 0 saturated carbocycles. The average molecular weight is 378 g/mol. The van der Waals surface area contributed by atoms with Crippen molar-refractivity contribution in [1.29, 1.82) is 0 Å². The molecule has 27 heavy (non-hydrogen) atoms. The van der Waals surface area contributed by atoms with Crippen LogP contribution in [0.15, 0.2) is 42.6 Å². The van der Waals surface area contributed by atoms with Gasteiger partial charge in [-0.1, -0.05) is 0 Å². The molecule has 1 fully saturated rings. The van der Waals surface area contributed by atoms with Crippen molar-refractivity contribution in [3.63, 3.8) is 0 Å². The summed E-state index contributed by atoms with van der Waals surface area (Å²) in [6, 6.07) is 2.10. The average Bonchev–Trinajstić information content (AvgIpc) is 3.37. The molecule has 0 aromatic carbocycles. The van der Waals surface area contributed by atoms with Crippen LogP contribution in [0.1, 0.15) is 0 Å². The minimum atomic E-state index is 0.846. The first-order valence-electron chi connectivity index (χ1n) is 8.77. The minimum Gasteiger partial charge on any atom is -0.352 e. The van der Waals surface area contributed by atoms with Gasteiger partial charge in [-0.25, -0.2) is 15.0 Å². The number of aromatic nitrogens is 6. The van der Waals surface area contributed by atoms with Gasteiger partial charge in [-0.15, -0.1) is 11.3 Å². The Kier molecular flexibility index (Phi) is 3.93. The van der Waals surface area contributed by atoms with Crippen molar-refractivity contribution in [2.45, 2.75) is 0 Å². The number of hydrogen-bond donors (Lipinski definition) is 0. The van der Waals surface area contributed by atoms with E-state index in [1.54, 1.807) is 28.5 Å². The molecule has 0 N–H and O–H groups in total. The molecule has 1 aliphatic rings. The van der Waals surface area contributed by atoms with Crippen LogP contribution in [0.3, 0.4) is 0 Å². The number of aryl methyl sites for hydroxylation is 1. The third-order valence-electron chi connectivity index (χ3n) is 4.77. The Morgan fingerprint density at radius 2 is 1.85 bits per heavy atom. The van der Waals surface area contributed by atoms with E-state index in [1.165, 1.54) is 0 Å². The molecule has 9 heteroatoms. The monoisotopic (exact) mass is 378 g/mol. The largest absolute Gasteiger partial charge is 0.352 e. The molecular weight excluding hydrogens is 360 g/mol. The van der Waals surface area contributed by atoms with Crippen LogP contribution < -0.4 is 9.80 Å². The molecule has 4 aromatic rings. The van der Waals surface area contributed by atoms with Gasteiger partial charge >= 0.3 is 0 Å². The number of nitrogens with zero attached hydrogens (tertiary/aromatic N) is 8. The number of hydrogen-bond acceptors (Lipinski definition) is 8. The molecule has 0 atom stereocenters. The van der Waals surface area contributed by atoms with Crippen LogP contribution in [-0.2, 0) is 7.05 Å². The maximum absolute atomic E-state index is 4.79. The lowest BCUT2D eigenvalue weighted by molar-refractivity contribution is 0.642. The Hall–Kier alpha value is -3.07. The van der Waals surface area contributed by atoms with Crippen molar-refractivity contribution >= 4 is 33.2 Å². The molecule has 1 saturated heterocycles. The van der Waals surface area contributed by atoms with Gasteiger partial charge in [-0.05, 0) is 11.4 Å². The van der Waals surface area contributed by atoms with Crippen LogP contribution in [0.2, 0.25) is 0 Å². The van der Waals surface area contributed by atoms with Crippen molar-refractivity contribution in [1.82, 2.24) is 29.7 Å². The van der Waals surface area contributed by atoms with Gasteiger partial charge in [0, 0.05) is 45.0 Å². The zero-order valence-electron chi connectivity index (χ0n) is 14.9. The molecule has 0 amide bonds. The second-order valence-electron chi connectivity index (χ2n) is 6.48. The molecule has 0 radical (unpaired) electrons. The molecule has 5 rings (SSSR count). The van der Waals surface area contributed by atoms with E-state index in [1.807, 2.05) is 25.6 Å². The van der Waals surface area contributed by atoms with Crippen LogP contribution in [-0.4, -0.2) is 55.9 Å². The zero-order chi connectivity index (χ0) is 18.2. The Morgan fingerprint density at radius 3 is 2.67 bits per heavy atom. The molecule has 4 aromatic heterocycles. The van der Waals surface area contributed by atoms with E-state index >= 15 is 0 Å². The van der Waals surface area contributed by atoms with E-state index in [-0.39, 0.29) is 0 Å². The predicted molar refractivity (Wildman–Crippen MR) is 106 cm³/mol. The van der Waals surface area contributed by atoms with Crippen molar-refractivity contribution in [3.05, 3.63) is 42.6 Å². The summed E-state index contributed by atoms with van der Waals surface area (Å²) < 4.78 is 1.77. The van der Waals surface area contributed by atoms with Crippen molar-refractivity contribution in [2.24, 2.45) is 7.05 Å². The fourth-order valence-electron chi connectivity index (χ4n) is 3.38. The third kappa shape index (κ3) is 2.99. The Morgan fingerprint density at radius 1 is 1.00 bits per heavy atom. The second kappa shape index (κ2) is 6.58. The van der Waals surface area contributed by atoms with Gasteiger partial charge in [-0.2, -0.15) is 5.10 Å². The van der Waals surface area contributed by atoms with Crippen molar-refractivity contribution in [3.8, 4) is 11.3 Å². The summed E-state index contributed by atoms with van der Waals surface area (Å²) in [5.41, 5.74) is 1.82. The highest BCUT2D eigenvalue weighted by Crippen LogP contribution is 2.28. The first kappa shape index (κ1) is 16.1. The number of piperazine rings is 1. The topological polar surface area (TPSA) is 75.9 Å². The third-order valence-corrected chi connectivity index (χ3v) is 5.59. The fraction of sp³-hybridized carbons (Fsp3) is 0.278. The van der Waals surface area contributed by atoms with Gasteiger partial charge in [-0.3, -0.25) is 9.67 Å². The molecule has 0 unspecified atom stereocenters. The molecular formula is C18H18N8S. The Bertz CT molecular complexity index is 1080. The molecule has 1 aliphatic heterocycles. The number of anilines is 2. The molecule has 5 heterocycles. The van der Waals surface area contributed by atoms with Crippen LogP contribution in [0, 0.1) is 0 Å². The lowest BCUT2D eigenvalue weighted by atomic mass is 10.2. The highest BCUT2D eigenvalue weighted by atomic mass is 32.1. The maximum atomic E-state index is 4.79. The Balaban J connectivity index is 1.34. The number of rotatable bonds is 3. The SMILES string of the molecule is Cn1cc(-c2cncc(N3CCN(c4ncnc5sccc45)CC3)n2)cn1. The van der Waals surface area contributed by atoms with Gasteiger partial charge in [0.25, 0.3) is 0 Å². The standard InChI is InChI=1S/C18H18N8S/c1-24-11-13(8-22-24)15-9-19-10-16(23-15)25-3-5-26(6-4-25)17-14-2-7-27-18(14)21-12-20-17/h2,7-12H,3-6H2,1H3. The second-order valence-corrected chi connectivity index (χ2v) is 7.37. The van der Waals surface area contributed by atoms with Gasteiger partial charge in [0.15, 0.2) is 0 Å². The first-order chi connectivity index (χ1) is 13.3. The summed E-state index contributed by atoms with van der Waals surface area (Å²) in [5.74, 6) is 1.93.